The van der Waals surface area contributed by atoms with Crippen molar-refractivity contribution >= 4 is 6.03 Å². The maximum Gasteiger partial charge on any atom is 0.312 e. The molecule has 2 amide bonds. The van der Waals surface area contributed by atoms with E-state index in [4.69, 9.17) is 5.73 Å². The topological polar surface area (TPSA) is 67.2 Å². The summed E-state index contributed by atoms with van der Waals surface area (Å²) in [4.78, 5) is 10.3. The normalized spacial score (nSPS) is 19.6. The highest BCUT2D eigenvalue weighted by Crippen LogP contribution is 2.09. The Bertz CT molecular complexity index is 132. The SMILES string of the molecule is NC(=O)NCC1CCNCC1. The zero-order valence-corrected chi connectivity index (χ0v) is 6.60. The summed E-state index contributed by atoms with van der Waals surface area (Å²) in [7, 11) is 0. The third-order valence-corrected chi connectivity index (χ3v) is 2.02. The summed E-state index contributed by atoms with van der Waals surface area (Å²) >= 11 is 0. The fourth-order valence-corrected chi connectivity index (χ4v) is 1.33. The Labute approximate surface area is 66.5 Å². The van der Waals surface area contributed by atoms with Crippen LogP contribution in [-0.4, -0.2) is 25.7 Å². The highest BCUT2D eigenvalue weighted by molar-refractivity contribution is 5.71. The molecule has 0 radical (unpaired) electrons. The molecule has 4 N–H and O–H groups in total. The molecule has 0 atom stereocenters. The van der Waals surface area contributed by atoms with E-state index in [1.807, 2.05) is 0 Å². The van der Waals surface area contributed by atoms with Crippen molar-refractivity contribution in [2.45, 2.75) is 12.8 Å². The van der Waals surface area contributed by atoms with Gasteiger partial charge in [0.1, 0.15) is 0 Å². The van der Waals surface area contributed by atoms with Gasteiger partial charge in [0.15, 0.2) is 0 Å². The number of rotatable bonds is 2. The third-order valence-electron chi connectivity index (χ3n) is 2.02. The summed E-state index contributed by atoms with van der Waals surface area (Å²) in [6, 6.07) is -0.413. The minimum absolute atomic E-state index is 0.413. The van der Waals surface area contributed by atoms with Crippen molar-refractivity contribution in [1.82, 2.24) is 10.6 Å². The second-order valence-corrected chi connectivity index (χ2v) is 2.94. The fourth-order valence-electron chi connectivity index (χ4n) is 1.33. The zero-order valence-electron chi connectivity index (χ0n) is 6.60. The lowest BCUT2D eigenvalue weighted by Gasteiger charge is -2.22. The van der Waals surface area contributed by atoms with Gasteiger partial charge in [-0.25, -0.2) is 4.79 Å². The van der Waals surface area contributed by atoms with E-state index in [-0.39, 0.29) is 0 Å². The van der Waals surface area contributed by atoms with E-state index in [0.29, 0.717) is 5.92 Å². The van der Waals surface area contributed by atoms with Crippen LogP contribution in [0.15, 0.2) is 0 Å². The second kappa shape index (κ2) is 4.18. The molecular weight excluding hydrogens is 142 g/mol. The Balaban J connectivity index is 2.09. The van der Waals surface area contributed by atoms with Crippen molar-refractivity contribution in [3.8, 4) is 0 Å². The first-order valence-electron chi connectivity index (χ1n) is 4.03. The maximum atomic E-state index is 10.3. The monoisotopic (exact) mass is 157 g/mol. The molecule has 1 aliphatic rings. The summed E-state index contributed by atoms with van der Waals surface area (Å²) < 4.78 is 0. The van der Waals surface area contributed by atoms with Gasteiger partial charge in [0.25, 0.3) is 0 Å². The van der Waals surface area contributed by atoms with Gasteiger partial charge in [-0.15, -0.1) is 0 Å². The van der Waals surface area contributed by atoms with Crippen LogP contribution in [0.1, 0.15) is 12.8 Å². The molecule has 0 aromatic heterocycles. The standard InChI is InChI=1S/C7H15N3O/c8-7(11)10-5-6-1-3-9-4-2-6/h6,9H,1-5H2,(H3,8,10,11). The van der Waals surface area contributed by atoms with Crippen molar-refractivity contribution in [2.75, 3.05) is 19.6 Å². The van der Waals surface area contributed by atoms with Gasteiger partial charge in [-0.3, -0.25) is 0 Å². The molecule has 1 aliphatic heterocycles. The van der Waals surface area contributed by atoms with E-state index in [1.54, 1.807) is 0 Å². The highest BCUT2D eigenvalue weighted by atomic mass is 16.2. The number of piperidine rings is 1. The molecule has 11 heavy (non-hydrogen) atoms. The fraction of sp³-hybridized carbons (Fsp3) is 0.857. The number of carbonyl (C=O) groups is 1. The van der Waals surface area contributed by atoms with Crippen molar-refractivity contribution in [1.29, 1.82) is 0 Å². The number of nitrogens with two attached hydrogens (primary N) is 1. The molecule has 1 fully saturated rings. The van der Waals surface area contributed by atoms with E-state index in [1.165, 1.54) is 0 Å². The van der Waals surface area contributed by atoms with Crippen molar-refractivity contribution in [2.24, 2.45) is 11.7 Å². The Morgan fingerprint density at radius 3 is 2.73 bits per heavy atom. The zero-order chi connectivity index (χ0) is 8.10. The average molecular weight is 157 g/mol. The Kier molecular flexibility index (Phi) is 3.16. The molecule has 1 rings (SSSR count). The van der Waals surface area contributed by atoms with E-state index in [0.717, 1.165) is 32.5 Å². The van der Waals surface area contributed by atoms with Gasteiger partial charge < -0.3 is 16.4 Å². The van der Waals surface area contributed by atoms with Crippen LogP contribution in [0.3, 0.4) is 0 Å². The first-order chi connectivity index (χ1) is 5.29. The Morgan fingerprint density at radius 2 is 2.18 bits per heavy atom. The van der Waals surface area contributed by atoms with Gasteiger partial charge >= 0.3 is 6.03 Å². The van der Waals surface area contributed by atoms with Gasteiger partial charge in [0.05, 0.1) is 0 Å². The van der Waals surface area contributed by atoms with Crippen LogP contribution in [-0.2, 0) is 0 Å². The quantitative estimate of drug-likeness (QED) is 0.513. The summed E-state index contributed by atoms with van der Waals surface area (Å²) in [6.45, 7) is 2.85. The minimum Gasteiger partial charge on any atom is -0.352 e. The molecule has 1 saturated heterocycles. The summed E-state index contributed by atoms with van der Waals surface area (Å²) in [6.07, 6.45) is 2.28. The smallest absolute Gasteiger partial charge is 0.312 e. The lowest BCUT2D eigenvalue weighted by Crippen LogP contribution is -2.38. The second-order valence-electron chi connectivity index (χ2n) is 2.94. The Hall–Kier alpha value is -0.770. The number of nitrogens with one attached hydrogen (secondary N) is 2. The maximum absolute atomic E-state index is 10.3. The van der Waals surface area contributed by atoms with Crippen molar-refractivity contribution < 1.29 is 4.79 Å². The van der Waals surface area contributed by atoms with Crippen LogP contribution in [0.2, 0.25) is 0 Å². The van der Waals surface area contributed by atoms with Crippen LogP contribution < -0.4 is 16.4 Å². The number of amides is 2. The van der Waals surface area contributed by atoms with Gasteiger partial charge in [-0.05, 0) is 31.8 Å². The van der Waals surface area contributed by atoms with Gasteiger partial charge in [0, 0.05) is 6.54 Å². The summed E-state index contributed by atoms with van der Waals surface area (Å²) in [5, 5.41) is 5.88. The molecule has 0 aromatic rings. The van der Waals surface area contributed by atoms with Crippen LogP contribution in [0.5, 0.6) is 0 Å². The van der Waals surface area contributed by atoms with E-state index in [9.17, 15) is 4.79 Å². The molecular formula is C7H15N3O. The Morgan fingerprint density at radius 1 is 1.55 bits per heavy atom. The van der Waals surface area contributed by atoms with Gasteiger partial charge in [-0.2, -0.15) is 0 Å². The first kappa shape index (κ1) is 8.33. The molecule has 0 unspecified atom stereocenters. The number of hydrogen-bond acceptors (Lipinski definition) is 2. The number of hydrogen-bond donors (Lipinski definition) is 3. The van der Waals surface area contributed by atoms with Gasteiger partial charge in [0.2, 0.25) is 0 Å². The van der Waals surface area contributed by atoms with Crippen LogP contribution in [0, 0.1) is 5.92 Å². The van der Waals surface area contributed by atoms with Crippen LogP contribution >= 0.6 is 0 Å². The molecule has 0 aliphatic carbocycles. The molecule has 64 valence electrons. The predicted molar refractivity (Wildman–Crippen MR) is 43.2 cm³/mol. The first-order valence-corrected chi connectivity index (χ1v) is 4.03. The lowest BCUT2D eigenvalue weighted by atomic mass is 9.98. The summed E-state index contributed by atoms with van der Waals surface area (Å²) in [5.74, 6) is 0.615. The van der Waals surface area contributed by atoms with Crippen molar-refractivity contribution in [3.05, 3.63) is 0 Å². The molecule has 0 saturated carbocycles. The van der Waals surface area contributed by atoms with Crippen LogP contribution in [0.4, 0.5) is 4.79 Å². The molecule has 0 spiro atoms. The van der Waals surface area contributed by atoms with Crippen molar-refractivity contribution in [3.63, 3.8) is 0 Å². The molecule has 1 heterocycles. The number of urea groups is 1. The average Bonchev–Trinajstić information content (AvgIpc) is 2.03. The number of carbonyl (C=O) groups excluding carboxylic acids is 1. The third kappa shape index (κ3) is 3.23. The molecule has 0 bridgehead atoms. The molecule has 0 aromatic carbocycles. The molecule has 4 heteroatoms. The minimum atomic E-state index is -0.413. The van der Waals surface area contributed by atoms with E-state index < -0.39 is 6.03 Å². The molecule has 4 nitrogen and oxygen atoms in total. The summed E-state index contributed by atoms with van der Waals surface area (Å²) in [5.41, 5.74) is 4.94. The van der Waals surface area contributed by atoms with Gasteiger partial charge in [-0.1, -0.05) is 0 Å². The van der Waals surface area contributed by atoms with E-state index >= 15 is 0 Å². The lowest BCUT2D eigenvalue weighted by molar-refractivity contribution is 0.245. The van der Waals surface area contributed by atoms with E-state index in [2.05, 4.69) is 10.6 Å². The largest absolute Gasteiger partial charge is 0.352 e. The number of primary amides is 1. The van der Waals surface area contributed by atoms with Crippen LogP contribution in [0.25, 0.3) is 0 Å². The highest BCUT2D eigenvalue weighted by Gasteiger charge is 2.12. The predicted octanol–water partition coefficient (Wildman–Crippen LogP) is -0.346.